The van der Waals surface area contributed by atoms with Gasteiger partial charge >= 0.3 is 0 Å². The van der Waals surface area contributed by atoms with E-state index < -0.39 is 0 Å². The second kappa shape index (κ2) is 5.19. The monoisotopic (exact) mass is 281 g/mol. The van der Waals surface area contributed by atoms with Crippen molar-refractivity contribution in [3.05, 3.63) is 11.1 Å². The van der Waals surface area contributed by atoms with Crippen molar-refractivity contribution in [1.29, 1.82) is 0 Å². The lowest BCUT2D eigenvalue weighted by atomic mass is 10.3. The average molecular weight is 281 g/mol. The highest BCUT2D eigenvalue weighted by Crippen LogP contribution is 2.33. The number of thiazole rings is 1. The molecule has 1 atom stereocenters. The summed E-state index contributed by atoms with van der Waals surface area (Å²) in [5.74, 6) is 0.0833. The Morgan fingerprint density at radius 2 is 2.37 bits per heavy atom. The highest BCUT2D eigenvalue weighted by atomic mass is 32.1. The summed E-state index contributed by atoms with van der Waals surface area (Å²) in [6.45, 7) is 4.03. The molecule has 6 heteroatoms. The van der Waals surface area contributed by atoms with E-state index in [2.05, 4.69) is 9.88 Å². The Bertz CT molecular complexity index is 472. The minimum atomic E-state index is -0.196. The van der Waals surface area contributed by atoms with E-state index in [4.69, 9.17) is 0 Å². The molecule has 1 saturated carbocycles. The number of β-amino-alcohol motifs (C(OH)–C–C–N with tert-alkyl or cyclic N) is 1. The van der Waals surface area contributed by atoms with E-state index in [-0.39, 0.29) is 12.0 Å². The lowest BCUT2D eigenvalue weighted by Crippen LogP contribution is -2.30. The summed E-state index contributed by atoms with van der Waals surface area (Å²) >= 11 is 1.54. The molecule has 0 aromatic carbocycles. The number of anilines is 1. The van der Waals surface area contributed by atoms with Gasteiger partial charge in [0.2, 0.25) is 5.91 Å². The van der Waals surface area contributed by atoms with E-state index in [1.165, 1.54) is 0 Å². The molecule has 2 aliphatic rings. The molecule has 19 heavy (non-hydrogen) atoms. The van der Waals surface area contributed by atoms with Gasteiger partial charge in [-0.25, -0.2) is 4.98 Å². The number of likely N-dealkylation sites (tertiary alicyclic amines) is 1. The van der Waals surface area contributed by atoms with Gasteiger partial charge in [-0.15, -0.1) is 11.3 Å². The van der Waals surface area contributed by atoms with Gasteiger partial charge in [0.1, 0.15) is 0 Å². The molecule has 1 aliphatic heterocycles. The molecule has 2 fully saturated rings. The van der Waals surface area contributed by atoms with Crippen LogP contribution in [0.2, 0.25) is 0 Å². The van der Waals surface area contributed by atoms with E-state index in [0.717, 1.165) is 49.7 Å². The number of amides is 1. The van der Waals surface area contributed by atoms with E-state index in [1.54, 1.807) is 18.3 Å². The molecule has 3 rings (SSSR count). The summed E-state index contributed by atoms with van der Waals surface area (Å²) in [4.78, 5) is 20.3. The highest BCUT2D eigenvalue weighted by Gasteiger charge is 2.33. The van der Waals surface area contributed by atoms with Crippen LogP contribution in [0.25, 0.3) is 0 Å². The zero-order valence-electron chi connectivity index (χ0n) is 11.1. The predicted octanol–water partition coefficient (Wildman–Crippen LogP) is 1.23. The van der Waals surface area contributed by atoms with Crippen LogP contribution in [0.15, 0.2) is 5.38 Å². The third kappa shape index (κ3) is 2.96. The molecule has 2 heterocycles. The molecule has 0 radical (unpaired) electrons. The smallest absolute Gasteiger partial charge is 0.225 e. The molecule has 1 amide bonds. The van der Waals surface area contributed by atoms with Gasteiger partial charge in [0.15, 0.2) is 5.13 Å². The van der Waals surface area contributed by atoms with Crippen molar-refractivity contribution in [2.24, 2.45) is 0 Å². The summed E-state index contributed by atoms with van der Waals surface area (Å²) in [6.07, 6.45) is 2.83. The van der Waals surface area contributed by atoms with Gasteiger partial charge in [-0.05, 0) is 19.3 Å². The number of carbonyl (C=O) groups excluding carboxylic acids is 1. The molecule has 1 saturated heterocycles. The van der Waals surface area contributed by atoms with E-state index >= 15 is 0 Å². The minimum Gasteiger partial charge on any atom is -0.392 e. The first-order chi connectivity index (χ1) is 9.13. The Morgan fingerprint density at radius 1 is 1.58 bits per heavy atom. The van der Waals surface area contributed by atoms with Crippen molar-refractivity contribution in [3.63, 3.8) is 0 Å². The van der Waals surface area contributed by atoms with Gasteiger partial charge in [-0.1, -0.05) is 0 Å². The first kappa shape index (κ1) is 13.0. The molecule has 1 aromatic rings. The van der Waals surface area contributed by atoms with Crippen molar-refractivity contribution >= 4 is 22.4 Å². The molecule has 5 nitrogen and oxygen atoms in total. The summed E-state index contributed by atoms with van der Waals surface area (Å²) in [7, 11) is 0. The number of carbonyl (C=O) groups is 1. The number of aliphatic hydroxyl groups is 1. The van der Waals surface area contributed by atoms with Crippen LogP contribution in [0.5, 0.6) is 0 Å². The summed E-state index contributed by atoms with van der Waals surface area (Å²) in [5.41, 5.74) is 1.00. The van der Waals surface area contributed by atoms with Crippen molar-refractivity contribution in [1.82, 2.24) is 9.88 Å². The Labute approximate surface area is 116 Å². The SMILES string of the molecule is CC(=O)N(c1nc(CN2CC[C@H](O)C2)cs1)C1CC1. The summed E-state index contributed by atoms with van der Waals surface area (Å²) < 4.78 is 0. The Morgan fingerprint density at radius 3 is 2.95 bits per heavy atom. The summed E-state index contributed by atoms with van der Waals surface area (Å²) in [5, 5.41) is 12.4. The highest BCUT2D eigenvalue weighted by molar-refractivity contribution is 7.14. The number of hydrogen-bond donors (Lipinski definition) is 1. The maximum atomic E-state index is 11.7. The predicted molar refractivity (Wildman–Crippen MR) is 74.2 cm³/mol. The van der Waals surface area contributed by atoms with Crippen LogP contribution in [-0.2, 0) is 11.3 Å². The standard InChI is InChI=1S/C13H19N3O2S/c1-9(17)16(11-2-3-11)13-14-10(8-19-13)6-15-5-4-12(18)7-15/h8,11-12,18H,2-7H2,1H3/t12-/m0/s1. The summed E-state index contributed by atoms with van der Waals surface area (Å²) in [6, 6.07) is 0.366. The second-order valence-electron chi connectivity index (χ2n) is 5.42. The third-order valence-corrected chi connectivity index (χ3v) is 4.52. The minimum absolute atomic E-state index is 0.0833. The van der Waals surface area contributed by atoms with Crippen molar-refractivity contribution in [3.8, 4) is 0 Å². The number of aliphatic hydroxyl groups excluding tert-OH is 1. The van der Waals surface area contributed by atoms with Gasteiger partial charge in [-0.2, -0.15) is 0 Å². The lowest BCUT2D eigenvalue weighted by Gasteiger charge is -2.17. The lowest BCUT2D eigenvalue weighted by molar-refractivity contribution is -0.116. The van der Waals surface area contributed by atoms with Gasteiger partial charge in [0, 0.05) is 38.0 Å². The first-order valence-corrected chi connectivity index (χ1v) is 7.66. The van der Waals surface area contributed by atoms with Gasteiger partial charge in [-0.3, -0.25) is 14.6 Å². The number of rotatable bonds is 4. The van der Waals surface area contributed by atoms with Gasteiger partial charge in [0.25, 0.3) is 0 Å². The van der Waals surface area contributed by atoms with Crippen LogP contribution >= 0.6 is 11.3 Å². The molecule has 0 spiro atoms. The molecule has 0 unspecified atom stereocenters. The fraction of sp³-hybridized carbons (Fsp3) is 0.692. The quantitative estimate of drug-likeness (QED) is 0.902. The Kier molecular flexibility index (Phi) is 3.56. The molecule has 1 N–H and O–H groups in total. The van der Waals surface area contributed by atoms with Crippen LogP contribution in [0.1, 0.15) is 31.9 Å². The molecule has 1 aliphatic carbocycles. The van der Waals surface area contributed by atoms with Crippen molar-refractivity contribution in [2.45, 2.75) is 44.9 Å². The van der Waals surface area contributed by atoms with E-state index in [0.29, 0.717) is 6.04 Å². The third-order valence-electron chi connectivity index (χ3n) is 3.63. The Hall–Kier alpha value is -0.980. The first-order valence-electron chi connectivity index (χ1n) is 6.78. The van der Waals surface area contributed by atoms with Crippen LogP contribution in [0.4, 0.5) is 5.13 Å². The molecular formula is C13H19N3O2S. The maximum absolute atomic E-state index is 11.7. The molecule has 0 bridgehead atoms. The number of hydrogen-bond acceptors (Lipinski definition) is 5. The van der Waals surface area contributed by atoms with Crippen LogP contribution in [0, 0.1) is 0 Å². The van der Waals surface area contributed by atoms with Crippen LogP contribution in [-0.4, -0.2) is 46.1 Å². The zero-order valence-corrected chi connectivity index (χ0v) is 11.9. The fourth-order valence-electron chi connectivity index (χ4n) is 2.55. The number of aromatic nitrogens is 1. The largest absolute Gasteiger partial charge is 0.392 e. The van der Waals surface area contributed by atoms with Gasteiger partial charge in [0.05, 0.1) is 11.8 Å². The van der Waals surface area contributed by atoms with E-state index in [1.807, 2.05) is 10.3 Å². The van der Waals surface area contributed by atoms with Crippen LogP contribution < -0.4 is 4.90 Å². The van der Waals surface area contributed by atoms with Crippen molar-refractivity contribution in [2.75, 3.05) is 18.0 Å². The maximum Gasteiger partial charge on any atom is 0.225 e. The fourth-order valence-corrected chi connectivity index (χ4v) is 3.48. The molecule has 1 aromatic heterocycles. The Balaban J connectivity index is 1.66. The molecular weight excluding hydrogens is 262 g/mol. The van der Waals surface area contributed by atoms with E-state index in [9.17, 15) is 9.90 Å². The zero-order chi connectivity index (χ0) is 13.4. The normalized spacial score (nSPS) is 23.8. The molecule has 104 valence electrons. The second-order valence-corrected chi connectivity index (χ2v) is 6.26. The van der Waals surface area contributed by atoms with Crippen LogP contribution in [0.3, 0.4) is 0 Å². The topological polar surface area (TPSA) is 56.7 Å². The average Bonchev–Trinajstić information content (AvgIpc) is 2.92. The van der Waals surface area contributed by atoms with Crippen molar-refractivity contribution < 1.29 is 9.90 Å². The number of nitrogens with zero attached hydrogens (tertiary/aromatic N) is 3. The van der Waals surface area contributed by atoms with Gasteiger partial charge < -0.3 is 5.11 Å².